The summed E-state index contributed by atoms with van der Waals surface area (Å²) in [5.41, 5.74) is -1.53. The number of sulfone groups is 1. The van der Waals surface area contributed by atoms with Crippen molar-refractivity contribution in [3.8, 4) is 11.1 Å². The second-order valence-corrected chi connectivity index (χ2v) is 22.0. The van der Waals surface area contributed by atoms with Gasteiger partial charge in [0.15, 0.2) is 15.7 Å². The van der Waals surface area contributed by atoms with Crippen molar-refractivity contribution in [2.45, 2.75) is 113 Å². The highest BCUT2D eigenvalue weighted by Gasteiger charge is 2.67. The topological polar surface area (TPSA) is 158 Å². The van der Waals surface area contributed by atoms with Crippen LogP contribution in [-0.4, -0.2) is 69.5 Å². The van der Waals surface area contributed by atoms with Crippen LogP contribution in [0, 0.1) is 17.6 Å². The number of hydrogen-bond acceptors (Lipinski definition) is 8. The number of aryl methyl sites for hydroxylation is 1. The number of aromatic nitrogens is 5. The van der Waals surface area contributed by atoms with E-state index in [0.717, 1.165) is 16.8 Å². The molecular weight excluding hydrogens is 899 g/mol. The van der Waals surface area contributed by atoms with Crippen LogP contribution in [0.2, 0.25) is 0 Å². The third-order valence-corrected chi connectivity index (χ3v) is 16.5. The molecule has 3 aromatic heterocycles. The van der Waals surface area contributed by atoms with E-state index >= 15 is 8.78 Å². The summed E-state index contributed by atoms with van der Waals surface area (Å²) in [6, 6.07) is 8.59. The summed E-state index contributed by atoms with van der Waals surface area (Å²) >= 11 is 0. The molecule has 0 aliphatic heterocycles. The molecule has 1 unspecified atom stereocenters. The van der Waals surface area contributed by atoms with Crippen LogP contribution in [0.25, 0.3) is 22.0 Å². The number of benzene rings is 2. The quantitative estimate of drug-likeness (QED) is 0.0834. The average molecular weight is 942 g/mol. The van der Waals surface area contributed by atoms with E-state index < -0.39 is 115 Å². The molecule has 5 aromatic rings. The molecule has 2 fully saturated rings. The number of nitrogens with one attached hydrogen (secondary N) is 2. The van der Waals surface area contributed by atoms with E-state index in [2.05, 4.69) is 20.2 Å². The minimum atomic E-state index is -3.98. The average Bonchev–Trinajstić information content (AvgIpc) is 4.13. The van der Waals surface area contributed by atoms with E-state index in [9.17, 15) is 48.0 Å². The van der Waals surface area contributed by atoms with Gasteiger partial charge in [-0.3, -0.25) is 23.9 Å². The lowest BCUT2D eigenvalue weighted by Gasteiger charge is -2.26. The first-order chi connectivity index (χ1) is 30.0. The van der Waals surface area contributed by atoms with E-state index in [4.69, 9.17) is 4.98 Å². The van der Waals surface area contributed by atoms with Crippen molar-refractivity contribution in [3.63, 3.8) is 0 Å². The number of para-hydroxylation sites is 1. The van der Waals surface area contributed by atoms with E-state index in [1.54, 1.807) is 19.9 Å². The van der Waals surface area contributed by atoms with E-state index in [0.29, 0.717) is 23.6 Å². The lowest BCUT2D eigenvalue weighted by molar-refractivity contribution is -0.123. The van der Waals surface area contributed by atoms with Crippen LogP contribution in [0.5, 0.6) is 0 Å². The van der Waals surface area contributed by atoms with Gasteiger partial charge in [0.05, 0.1) is 33.0 Å². The highest BCUT2D eigenvalue weighted by atomic mass is 32.2. The van der Waals surface area contributed by atoms with Crippen molar-refractivity contribution in [2.75, 3.05) is 10.5 Å². The predicted octanol–water partition coefficient (Wildman–Crippen LogP) is 8.13. The SMILES string of the molecule is CCS(=O)(=O)Nc1nn(CC(F)F)c2c(-c3ccc(CCC(C)(C)S(=O)(=O)C4CC4)nc3[C@H](Cc3cc(F)cc(F)c3)NC(=O)Cn3nc(C(F)F)c4c3C(F)(F)C3C[C@H]43)cccc12. The molecule has 3 aliphatic rings. The Morgan fingerprint density at radius 3 is 2.28 bits per heavy atom. The first-order valence-corrected chi connectivity index (χ1v) is 23.7. The molecule has 64 heavy (non-hydrogen) atoms. The van der Waals surface area contributed by atoms with E-state index in [-0.39, 0.29) is 75.4 Å². The molecule has 2 aromatic carbocycles. The van der Waals surface area contributed by atoms with Crippen molar-refractivity contribution in [1.29, 1.82) is 0 Å². The number of rotatable bonds is 18. The minimum absolute atomic E-state index is 0.00151. The molecule has 8 rings (SSSR count). The van der Waals surface area contributed by atoms with Crippen LogP contribution in [0.3, 0.4) is 0 Å². The van der Waals surface area contributed by atoms with Gasteiger partial charge < -0.3 is 5.32 Å². The zero-order valence-corrected chi connectivity index (χ0v) is 36.2. The maximum atomic E-state index is 15.5. The molecule has 22 heteroatoms. The maximum Gasteiger partial charge on any atom is 0.293 e. The van der Waals surface area contributed by atoms with Gasteiger partial charge in [0, 0.05) is 39.8 Å². The van der Waals surface area contributed by atoms with E-state index in [1.165, 1.54) is 31.2 Å². The van der Waals surface area contributed by atoms with Crippen LogP contribution >= 0.6 is 0 Å². The number of hydrogen-bond donors (Lipinski definition) is 2. The molecule has 2 N–H and O–H groups in total. The summed E-state index contributed by atoms with van der Waals surface area (Å²) in [6.07, 6.45) is -5.47. The van der Waals surface area contributed by atoms with Gasteiger partial charge in [0.1, 0.15) is 36.1 Å². The second-order valence-electron chi connectivity index (χ2n) is 17.1. The Morgan fingerprint density at radius 1 is 0.938 bits per heavy atom. The van der Waals surface area contributed by atoms with Gasteiger partial charge >= 0.3 is 0 Å². The molecule has 3 aliphatic carbocycles. The van der Waals surface area contributed by atoms with Gasteiger partial charge in [0.25, 0.3) is 18.8 Å². The smallest absolute Gasteiger partial charge is 0.293 e. The summed E-state index contributed by atoms with van der Waals surface area (Å²) in [7, 11) is -7.54. The number of pyridine rings is 1. The number of sulfonamides is 1. The number of fused-ring (bicyclic) bond motifs is 4. The molecule has 0 bridgehead atoms. The Bertz CT molecular complexity index is 2860. The number of alkyl halides is 6. The standard InChI is InChI=1S/C42H43F8N7O5S2/c1-4-63(59,60)55-40-28-7-5-6-27(37(28)56(54-40)19-32(45)46)26-11-8-24(12-13-41(2,3)64(61,62)25-9-10-25)51-35(26)31(16-21-14-22(43)17-23(44)15-21)52-33(58)20-57-38-34(36(53-57)39(47)48)29-18-30(29)42(38,49)50/h5-8,11,14-15,17,25,29-32,39H,4,9-10,12-13,16,18-20H2,1-3H3,(H,52,58)(H,54,55)/t29-,30?,31-/m0/s1. The number of carbonyl (C=O) groups excluding carboxylic acids is 1. The fraction of sp³-hybridized carbons (Fsp3) is 0.476. The molecule has 0 spiro atoms. The Morgan fingerprint density at radius 2 is 1.64 bits per heavy atom. The molecule has 0 saturated heterocycles. The van der Waals surface area contributed by atoms with Gasteiger partial charge in [-0.15, -0.1) is 0 Å². The van der Waals surface area contributed by atoms with Crippen molar-refractivity contribution < 1.29 is 56.8 Å². The number of carbonyl (C=O) groups is 1. The number of nitrogens with zero attached hydrogens (tertiary/aromatic N) is 5. The third kappa shape index (κ3) is 8.58. The highest BCUT2D eigenvalue weighted by Crippen LogP contribution is 2.68. The maximum absolute atomic E-state index is 15.5. The lowest BCUT2D eigenvalue weighted by Crippen LogP contribution is -2.36. The fourth-order valence-corrected chi connectivity index (χ4v) is 11.3. The molecule has 1 amide bonds. The zero-order valence-electron chi connectivity index (χ0n) is 34.6. The van der Waals surface area contributed by atoms with Gasteiger partial charge in [-0.2, -0.15) is 19.0 Å². The van der Waals surface area contributed by atoms with E-state index in [1.807, 2.05) is 0 Å². The van der Waals surface area contributed by atoms with Crippen LogP contribution in [-0.2, 0) is 56.5 Å². The van der Waals surface area contributed by atoms with Gasteiger partial charge in [-0.25, -0.2) is 43.2 Å². The van der Waals surface area contributed by atoms with Crippen molar-refractivity contribution in [3.05, 3.63) is 94.1 Å². The third-order valence-electron chi connectivity index (χ3n) is 12.2. The summed E-state index contributed by atoms with van der Waals surface area (Å²) in [5, 5.41) is 10.2. The van der Waals surface area contributed by atoms with Crippen LogP contribution in [0.15, 0.2) is 48.5 Å². The molecule has 0 radical (unpaired) electrons. The number of halogens is 8. The largest absolute Gasteiger partial charge is 0.346 e. The first-order valence-electron chi connectivity index (χ1n) is 20.5. The molecule has 12 nitrogen and oxygen atoms in total. The fourth-order valence-electron chi connectivity index (χ4n) is 8.70. The van der Waals surface area contributed by atoms with Crippen LogP contribution in [0.1, 0.15) is 98.7 Å². The number of anilines is 1. The monoisotopic (exact) mass is 941 g/mol. The summed E-state index contributed by atoms with van der Waals surface area (Å²) in [4.78, 5) is 19.0. The molecule has 344 valence electrons. The molecule has 3 heterocycles. The van der Waals surface area contributed by atoms with Gasteiger partial charge in [-0.05, 0) is 95.0 Å². The summed E-state index contributed by atoms with van der Waals surface area (Å²) < 4.78 is 172. The van der Waals surface area contributed by atoms with Gasteiger partial charge in [0.2, 0.25) is 15.9 Å². The second kappa shape index (κ2) is 16.4. The minimum Gasteiger partial charge on any atom is -0.346 e. The van der Waals surface area contributed by atoms with Crippen molar-refractivity contribution in [1.82, 2.24) is 29.9 Å². The molecular formula is C42H43F8N7O5S2. The normalized spacial score (nSPS) is 18.7. The van der Waals surface area contributed by atoms with Crippen molar-refractivity contribution in [2.24, 2.45) is 5.92 Å². The highest BCUT2D eigenvalue weighted by molar-refractivity contribution is 7.93. The predicted molar refractivity (Wildman–Crippen MR) is 219 cm³/mol. The Balaban J connectivity index is 1.27. The molecule has 3 atom stereocenters. The van der Waals surface area contributed by atoms with Gasteiger partial charge in [-0.1, -0.05) is 18.2 Å². The van der Waals surface area contributed by atoms with Crippen molar-refractivity contribution >= 4 is 42.5 Å². The first kappa shape index (κ1) is 45.4. The lowest BCUT2D eigenvalue weighted by atomic mass is 9.93. The van der Waals surface area contributed by atoms with Crippen LogP contribution in [0.4, 0.5) is 40.9 Å². The molecule has 2 saturated carbocycles. The number of amides is 1. The van der Waals surface area contributed by atoms with Crippen LogP contribution < -0.4 is 10.0 Å². The summed E-state index contributed by atoms with van der Waals surface area (Å²) in [6.45, 7) is 2.55. The zero-order chi connectivity index (χ0) is 46.3. The summed E-state index contributed by atoms with van der Waals surface area (Å²) in [5.74, 6) is -9.30. The Labute approximate surface area is 362 Å². The Kier molecular flexibility index (Phi) is 11.6. The Hall–Kier alpha value is -5.12.